The largest absolute Gasteiger partial charge is 0.462 e. The molecule has 0 aromatic rings. The van der Waals surface area contributed by atoms with Gasteiger partial charge in [0.25, 0.3) is 0 Å². The predicted molar refractivity (Wildman–Crippen MR) is 358 cm³/mol. The van der Waals surface area contributed by atoms with Gasteiger partial charge in [0.15, 0.2) is 6.10 Å². The van der Waals surface area contributed by atoms with Crippen LogP contribution in [0.4, 0.5) is 0 Å². The fourth-order valence-electron chi connectivity index (χ4n) is 11.0. The molecule has 1 unspecified atom stereocenters. The van der Waals surface area contributed by atoms with Gasteiger partial charge in [-0.3, -0.25) is 14.4 Å². The summed E-state index contributed by atoms with van der Waals surface area (Å²) in [5.74, 6) is -0.844. The van der Waals surface area contributed by atoms with Gasteiger partial charge >= 0.3 is 17.9 Å². The zero-order chi connectivity index (χ0) is 59.2. The van der Waals surface area contributed by atoms with E-state index in [-0.39, 0.29) is 31.1 Å². The van der Waals surface area contributed by atoms with Crippen LogP contribution in [-0.4, -0.2) is 37.2 Å². The lowest BCUT2D eigenvalue weighted by atomic mass is 10.0. The van der Waals surface area contributed by atoms with Crippen LogP contribution in [0.2, 0.25) is 0 Å². The van der Waals surface area contributed by atoms with Crippen LogP contribution in [0.5, 0.6) is 0 Å². The number of hydrogen-bond acceptors (Lipinski definition) is 6. The second-order valence-electron chi connectivity index (χ2n) is 24.9. The van der Waals surface area contributed by atoms with Crippen molar-refractivity contribution in [1.82, 2.24) is 0 Å². The van der Waals surface area contributed by atoms with Crippen LogP contribution in [0.25, 0.3) is 0 Å². The first-order valence-corrected chi connectivity index (χ1v) is 36.6. The van der Waals surface area contributed by atoms with Crippen molar-refractivity contribution >= 4 is 17.9 Å². The number of carbonyl (C=O) groups excluding carboxylic acids is 3. The molecule has 1 atom stereocenters. The third kappa shape index (κ3) is 68.2. The molecule has 0 fully saturated rings. The van der Waals surface area contributed by atoms with E-state index in [0.29, 0.717) is 19.3 Å². The molecule has 0 amide bonds. The van der Waals surface area contributed by atoms with Gasteiger partial charge in [-0.05, 0) is 83.5 Å². The highest BCUT2D eigenvalue weighted by atomic mass is 16.6. The van der Waals surface area contributed by atoms with Gasteiger partial charge in [-0.2, -0.15) is 0 Å². The molecule has 0 spiro atoms. The molecule has 0 radical (unpaired) electrons. The van der Waals surface area contributed by atoms with Gasteiger partial charge < -0.3 is 14.2 Å². The summed E-state index contributed by atoms with van der Waals surface area (Å²) in [5, 5.41) is 0. The van der Waals surface area contributed by atoms with Crippen molar-refractivity contribution in [2.75, 3.05) is 13.2 Å². The molecule has 0 aromatic heterocycles. The van der Waals surface area contributed by atoms with E-state index in [1.807, 2.05) is 0 Å². The molecule has 0 aliphatic carbocycles. The lowest BCUT2D eigenvalue weighted by molar-refractivity contribution is -0.167. The average Bonchev–Trinajstić information content (AvgIpc) is 3.47. The molecule has 0 saturated heterocycles. The Bertz CT molecular complexity index is 1410. The van der Waals surface area contributed by atoms with Crippen LogP contribution in [0.1, 0.15) is 400 Å². The number of carbonyl (C=O) groups is 3. The molecule has 0 saturated carbocycles. The van der Waals surface area contributed by atoms with Crippen molar-refractivity contribution in [3.63, 3.8) is 0 Å². The second kappa shape index (κ2) is 70.9. The van der Waals surface area contributed by atoms with Crippen LogP contribution in [0.15, 0.2) is 48.6 Å². The lowest BCUT2D eigenvalue weighted by Crippen LogP contribution is -2.30. The van der Waals surface area contributed by atoms with Gasteiger partial charge in [0.05, 0.1) is 0 Å². The van der Waals surface area contributed by atoms with E-state index in [1.54, 1.807) is 0 Å². The van der Waals surface area contributed by atoms with E-state index >= 15 is 0 Å². The number of rotatable bonds is 68. The molecular weight excluding hydrogens is 1010 g/mol. The smallest absolute Gasteiger partial charge is 0.306 e. The molecule has 0 heterocycles. The monoisotopic (exact) mass is 1150 g/mol. The van der Waals surface area contributed by atoms with Crippen LogP contribution in [-0.2, 0) is 28.6 Å². The Morgan fingerprint density at radius 3 is 0.695 bits per heavy atom. The Labute approximate surface area is 511 Å². The zero-order valence-electron chi connectivity index (χ0n) is 55.3. The number of allylic oxidation sites excluding steroid dienone is 8. The molecule has 0 aromatic carbocycles. The third-order valence-electron chi connectivity index (χ3n) is 16.6. The maximum atomic E-state index is 13.0. The molecule has 6 nitrogen and oxygen atoms in total. The SMILES string of the molecule is CCCCCCC/C=C\C/C=C\C/C=C\CCCCCCCCCCCCCCC(=O)OCC(COC(=O)CCCCCCCCCCCCCCCCCC)OC(=O)CCCCCCCCCCC/C=C\CCCCCCCCCC. The molecule has 6 heteroatoms. The summed E-state index contributed by atoms with van der Waals surface area (Å²) in [6.45, 7) is 6.70. The molecule has 480 valence electrons. The summed E-state index contributed by atoms with van der Waals surface area (Å²) in [4.78, 5) is 38.5. The molecular formula is C76H140O6. The van der Waals surface area contributed by atoms with E-state index in [0.717, 1.165) is 70.6 Å². The Morgan fingerprint density at radius 2 is 0.439 bits per heavy atom. The molecule has 0 aliphatic rings. The standard InChI is InChI=1S/C76H140O6/c1-4-7-10-13-16-19-22-25-28-31-33-35-36-37-38-39-40-42-43-45-48-51-54-57-60-63-66-69-75(78)81-72-73(71-80-74(77)68-65-62-59-56-53-50-47-30-27-24-21-18-15-12-9-6-3)82-76(79)70-67-64-61-58-55-52-49-46-44-41-34-32-29-26-23-20-17-14-11-8-5-2/h22,25,31-34,36-37,73H,4-21,23-24,26-30,35,38-72H2,1-3H3/b25-22-,33-31-,34-32-,37-36-. The summed E-state index contributed by atoms with van der Waals surface area (Å²) in [7, 11) is 0. The topological polar surface area (TPSA) is 78.9 Å². The van der Waals surface area contributed by atoms with Crippen molar-refractivity contribution < 1.29 is 28.6 Å². The highest BCUT2D eigenvalue weighted by Crippen LogP contribution is 2.18. The van der Waals surface area contributed by atoms with E-state index in [1.165, 1.54) is 289 Å². The fraction of sp³-hybridized carbons (Fsp3) is 0.855. The molecule has 0 bridgehead atoms. The normalized spacial score (nSPS) is 12.3. The highest BCUT2D eigenvalue weighted by molar-refractivity contribution is 5.71. The maximum absolute atomic E-state index is 13.0. The molecule has 0 aliphatic heterocycles. The minimum atomic E-state index is -0.774. The van der Waals surface area contributed by atoms with Gasteiger partial charge in [-0.1, -0.05) is 345 Å². The summed E-state index contributed by atoms with van der Waals surface area (Å²) >= 11 is 0. The van der Waals surface area contributed by atoms with Gasteiger partial charge in [0.1, 0.15) is 13.2 Å². The van der Waals surface area contributed by atoms with Gasteiger partial charge in [0, 0.05) is 19.3 Å². The first-order valence-electron chi connectivity index (χ1n) is 36.6. The summed E-state index contributed by atoms with van der Waals surface area (Å²) in [5.41, 5.74) is 0. The van der Waals surface area contributed by atoms with Crippen LogP contribution in [0, 0.1) is 0 Å². The fourth-order valence-corrected chi connectivity index (χ4v) is 11.0. The lowest BCUT2D eigenvalue weighted by Gasteiger charge is -2.18. The Morgan fingerprint density at radius 1 is 0.244 bits per heavy atom. The van der Waals surface area contributed by atoms with E-state index in [2.05, 4.69) is 69.4 Å². The Hall–Kier alpha value is -2.63. The van der Waals surface area contributed by atoms with Crippen molar-refractivity contribution in [1.29, 1.82) is 0 Å². The van der Waals surface area contributed by atoms with E-state index in [4.69, 9.17) is 14.2 Å². The summed E-state index contributed by atoms with van der Waals surface area (Å²) < 4.78 is 17.0. The van der Waals surface area contributed by atoms with Crippen molar-refractivity contribution in [3.05, 3.63) is 48.6 Å². The Balaban J connectivity index is 4.29. The first-order chi connectivity index (χ1) is 40.5. The molecule has 82 heavy (non-hydrogen) atoms. The highest BCUT2D eigenvalue weighted by Gasteiger charge is 2.19. The van der Waals surface area contributed by atoms with Crippen LogP contribution < -0.4 is 0 Å². The number of ether oxygens (including phenoxy) is 3. The van der Waals surface area contributed by atoms with Gasteiger partial charge in [-0.25, -0.2) is 0 Å². The predicted octanol–water partition coefficient (Wildman–Crippen LogP) is 25.3. The number of unbranched alkanes of at least 4 members (excludes halogenated alkanes) is 49. The second-order valence-corrected chi connectivity index (χ2v) is 24.9. The average molecular weight is 1150 g/mol. The molecule has 0 N–H and O–H groups in total. The van der Waals surface area contributed by atoms with Crippen molar-refractivity contribution in [3.8, 4) is 0 Å². The maximum Gasteiger partial charge on any atom is 0.306 e. The number of hydrogen-bond donors (Lipinski definition) is 0. The van der Waals surface area contributed by atoms with Gasteiger partial charge in [-0.15, -0.1) is 0 Å². The van der Waals surface area contributed by atoms with Crippen molar-refractivity contribution in [2.45, 2.75) is 406 Å². The third-order valence-corrected chi connectivity index (χ3v) is 16.6. The first kappa shape index (κ1) is 79.4. The molecule has 0 rings (SSSR count). The zero-order valence-corrected chi connectivity index (χ0v) is 55.3. The van der Waals surface area contributed by atoms with Crippen LogP contribution >= 0.6 is 0 Å². The van der Waals surface area contributed by atoms with E-state index < -0.39 is 6.10 Å². The minimum absolute atomic E-state index is 0.0692. The number of esters is 3. The quantitative estimate of drug-likeness (QED) is 0.0261. The summed E-state index contributed by atoms with van der Waals surface area (Å²) in [6, 6.07) is 0. The van der Waals surface area contributed by atoms with Crippen molar-refractivity contribution in [2.24, 2.45) is 0 Å². The van der Waals surface area contributed by atoms with Gasteiger partial charge in [0.2, 0.25) is 0 Å². The Kier molecular flexibility index (Phi) is 68.6. The van der Waals surface area contributed by atoms with E-state index in [9.17, 15) is 14.4 Å². The van der Waals surface area contributed by atoms with Crippen LogP contribution in [0.3, 0.4) is 0 Å². The summed E-state index contributed by atoms with van der Waals surface area (Å²) in [6.07, 6.45) is 89.9. The minimum Gasteiger partial charge on any atom is -0.462 e.